The number of pyridine rings is 1. The van der Waals surface area contributed by atoms with Crippen molar-refractivity contribution in [3.8, 4) is 0 Å². The second kappa shape index (κ2) is 14.1. The van der Waals surface area contributed by atoms with Crippen molar-refractivity contribution in [2.75, 3.05) is 26.2 Å². The van der Waals surface area contributed by atoms with Gasteiger partial charge in [0, 0.05) is 38.6 Å². The summed E-state index contributed by atoms with van der Waals surface area (Å²) in [7, 11) is 0. The summed E-state index contributed by atoms with van der Waals surface area (Å²) < 4.78 is 0. The molecular weight excluding hydrogens is 466 g/mol. The van der Waals surface area contributed by atoms with E-state index in [1.165, 1.54) is 0 Å². The van der Waals surface area contributed by atoms with Crippen LogP contribution in [-0.4, -0.2) is 76.2 Å². The number of carbonyl (C=O) groups excluding carboxylic acids is 2. The molecule has 37 heavy (non-hydrogen) atoms. The van der Waals surface area contributed by atoms with Gasteiger partial charge in [-0.05, 0) is 42.0 Å². The molecule has 2 heterocycles. The minimum absolute atomic E-state index is 0.0316. The molecule has 0 aliphatic carbocycles. The molecule has 1 aromatic carbocycles. The van der Waals surface area contributed by atoms with Gasteiger partial charge in [-0.25, -0.2) is 4.79 Å². The number of carbonyl (C=O) groups is 2. The molecule has 2 aromatic rings. The van der Waals surface area contributed by atoms with E-state index in [1.807, 2.05) is 56.3 Å². The topological polar surface area (TPSA) is 97.8 Å². The highest BCUT2D eigenvalue weighted by atomic mass is 16.3. The molecule has 202 valence electrons. The maximum Gasteiger partial charge on any atom is 0.321 e. The Labute approximate surface area is 221 Å². The lowest BCUT2D eigenvalue weighted by atomic mass is 9.95. The zero-order valence-electron chi connectivity index (χ0n) is 22.6. The largest absolute Gasteiger partial charge is 0.390 e. The Morgan fingerprint density at radius 1 is 1.05 bits per heavy atom. The number of rotatable bonds is 14. The Morgan fingerprint density at radius 2 is 1.78 bits per heavy atom. The first-order valence-electron chi connectivity index (χ1n) is 13.5. The van der Waals surface area contributed by atoms with Crippen molar-refractivity contribution in [1.82, 2.24) is 25.4 Å². The fraction of sp³-hybridized carbons (Fsp3) is 0.552. The lowest BCUT2D eigenvalue weighted by Crippen LogP contribution is -2.57. The summed E-state index contributed by atoms with van der Waals surface area (Å²) in [5, 5.41) is 17.5. The molecule has 8 heteroatoms. The normalized spacial score (nSPS) is 17.1. The number of hydrogen-bond acceptors (Lipinski definition) is 5. The first-order chi connectivity index (χ1) is 17.8. The number of benzene rings is 1. The van der Waals surface area contributed by atoms with Gasteiger partial charge in [0.1, 0.15) is 6.04 Å². The van der Waals surface area contributed by atoms with Gasteiger partial charge in [0.15, 0.2) is 0 Å². The SMILES string of the molecule is CCC(C)C(C(=O)N[C@@H](Cc1ccccc1)[C@H](O)CNCC(C)C)N1CCN(Cc2cccnc2)C1=O. The third-order valence-corrected chi connectivity index (χ3v) is 7.01. The molecule has 8 nitrogen and oxygen atoms in total. The van der Waals surface area contributed by atoms with Crippen molar-refractivity contribution < 1.29 is 14.7 Å². The Balaban J connectivity index is 1.74. The van der Waals surface area contributed by atoms with Crippen molar-refractivity contribution in [3.05, 3.63) is 66.0 Å². The van der Waals surface area contributed by atoms with Crippen LogP contribution < -0.4 is 10.6 Å². The minimum atomic E-state index is -0.767. The second-order valence-corrected chi connectivity index (χ2v) is 10.5. The average Bonchev–Trinajstić information content (AvgIpc) is 3.23. The minimum Gasteiger partial charge on any atom is -0.390 e. The van der Waals surface area contributed by atoms with Crippen LogP contribution in [0.5, 0.6) is 0 Å². The number of nitrogens with one attached hydrogen (secondary N) is 2. The number of aliphatic hydroxyl groups excluding tert-OH is 1. The molecule has 3 amide bonds. The van der Waals surface area contributed by atoms with Crippen molar-refractivity contribution in [2.45, 2.75) is 65.3 Å². The lowest BCUT2D eigenvalue weighted by molar-refractivity contribution is -0.128. The summed E-state index contributed by atoms with van der Waals surface area (Å²) in [6.07, 6.45) is 3.97. The fourth-order valence-electron chi connectivity index (χ4n) is 4.73. The van der Waals surface area contributed by atoms with Crippen LogP contribution >= 0.6 is 0 Å². The van der Waals surface area contributed by atoms with E-state index in [9.17, 15) is 14.7 Å². The predicted molar refractivity (Wildman–Crippen MR) is 146 cm³/mol. The Hall–Kier alpha value is -2.97. The predicted octanol–water partition coefficient (Wildman–Crippen LogP) is 3.07. The molecule has 4 atom stereocenters. The van der Waals surface area contributed by atoms with E-state index in [0.717, 1.165) is 24.1 Å². The zero-order valence-corrected chi connectivity index (χ0v) is 22.6. The van der Waals surface area contributed by atoms with Gasteiger partial charge >= 0.3 is 6.03 Å². The third kappa shape index (κ3) is 8.27. The summed E-state index contributed by atoms with van der Waals surface area (Å²) in [5.41, 5.74) is 2.00. The van der Waals surface area contributed by atoms with Gasteiger partial charge < -0.3 is 25.5 Å². The highest BCUT2D eigenvalue weighted by molar-refractivity contribution is 5.88. The van der Waals surface area contributed by atoms with Crippen LogP contribution in [0, 0.1) is 11.8 Å². The highest BCUT2D eigenvalue weighted by Crippen LogP contribution is 2.22. The monoisotopic (exact) mass is 509 g/mol. The molecule has 1 aromatic heterocycles. The Morgan fingerprint density at radius 3 is 2.43 bits per heavy atom. The second-order valence-electron chi connectivity index (χ2n) is 10.5. The first kappa shape index (κ1) is 28.6. The summed E-state index contributed by atoms with van der Waals surface area (Å²) in [5.74, 6) is 0.214. The molecule has 0 saturated carbocycles. The average molecular weight is 510 g/mol. The summed E-state index contributed by atoms with van der Waals surface area (Å²) >= 11 is 0. The van der Waals surface area contributed by atoms with E-state index in [0.29, 0.717) is 38.5 Å². The molecule has 3 N–H and O–H groups in total. The Kier molecular flexibility index (Phi) is 10.9. The molecule has 0 spiro atoms. The number of urea groups is 1. The van der Waals surface area contributed by atoms with Gasteiger partial charge in [-0.15, -0.1) is 0 Å². The smallest absolute Gasteiger partial charge is 0.321 e. The van der Waals surface area contributed by atoms with E-state index >= 15 is 0 Å². The number of hydrogen-bond donors (Lipinski definition) is 3. The molecule has 0 radical (unpaired) electrons. The van der Waals surface area contributed by atoms with Gasteiger partial charge in [-0.2, -0.15) is 0 Å². The van der Waals surface area contributed by atoms with Gasteiger partial charge in [0.25, 0.3) is 0 Å². The molecule has 0 bridgehead atoms. The lowest BCUT2D eigenvalue weighted by Gasteiger charge is -2.34. The number of nitrogens with zero attached hydrogens (tertiary/aromatic N) is 3. The van der Waals surface area contributed by atoms with Gasteiger partial charge in [-0.1, -0.05) is 70.5 Å². The van der Waals surface area contributed by atoms with Crippen LogP contribution in [0.2, 0.25) is 0 Å². The summed E-state index contributed by atoms with van der Waals surface area (Å²) in [6.45, 7) is 11.0. The maximum atomic E-state index is 13.8. The van der Waals surface area contributed by atoms with E-state index in [1.54, 1.807) is 22.2 Å². The van der Waals surface area contributed by atoms with Crippen LogP contribution in [0.4, 0.5) is 4.79 Å². The first-order valence-corrected chi connectivity index (χ1v) is 13.5. The van der Waals surface area contributed by atoms with Crippen LogP contribution in [0.1, 0.15) is 45.2 Å². The fourth-order valence-corrected chi connectivity index (χ4v) is 4.73. The summed E-state index contributed by atoms with van der Waals surface area (Å²) in [6, 6.07) is 12.5. The maximum absolute atomic E-state index is 13.8. The van der Waals surface area contributed by atoms with Crippen molar-refractivity contribution >= 4 is 11.9 Å². The van der Waals surface area contributed by atoms with E-state index in [4.69, 9.17) is 0 Å². The zero-order chi connectivity index (χ0) is 26.8. The molecule has 1 fully saturated rings. The Bertz CT molecular complexity index is 972. The van der Waals surface area contributed by atoms with Crippen LogP contribution in [0.15, 0.2) is 54.9 Å². The molecular formula is C29H43N5O3. The third-order valence-electron chi connectivity index (χ3n) is 7.01. The van der Waals surface area contributed by atoms with E-state index < -0.39 is 18.2 Å². The van der Waals surface area contributed by atoms with Crippen molar-refractivity contribution in [3.63, 3.8) is 0 Å². The van der Waals surface area contributed by atoms with Crippen LogP contribution in [-0.2, 0) is 17.8 Å². The van der Waals surface area contributed by atoms with E-state index in [2.05, 4.69) is 29.5 Å². The standard InChI is InChI=1S/C29H43N5O3/c1-5-22(4)27(34-15-14-33(29(34)37)20-24-12-9-13-30-18-24)28(36)32-25(16-23-10-7-6-8-11-23)26(35)19-31-17-21(2)3/h6-13,18,21-22,25-27,31,35H,5,14-17,19-20H2,1-4H3,(H,32,36)/t22?,25-,26+,27?/m0/s1. The number of aliphatic hydroxyl groups is 1. The van der Waals surface area contributed by atoms with Crippen molar-refractivity contribution in [2.24, 2.45) is 11.8 Å². The number of amides is 3. The van der Waals surface area contributed by atoms with Crippen LogP contribution in [0.3, 0.4) is 0 Å². The quantitative estimate of drug-likeness (QED) is 0.364. The molecule has 2 unspecified atom stereocenters. The molecule has 1 aliphatic heterocycles. The molecule has 3 rings (SSSR count). The molecule has 1 saturated heterocycles. The van der Waals surface area contributed by atoms with Crippen LogP contribution in [0.25, 0.3) is 0 Å². The number of aromatic nitrogens is 1. The highest BCUT2D eigenvalue weighted by Gasteiger charge is 2.40. The van der Waals surface area contributed by atoms with Gasteiger partial charge in [0.05, 0.1) is 12.1 Å². The van der Waals surface area contributed by atoms with E-state index in [-0.39, 0.29) is 17.9 Å². The molecule has 1 aliphatic rings. The van der Waals surface area contributed by atoms with Gasteiger partial charge in [0.2, 0.25) is 5.91 Å². The summed E-state index contributed by atoms with van der Waals surface area (Å²) in [4.78, 5) is 34.8. The van der Waals surface area contributed by atoms with Gasteiger partial charge in [-0.3, -0.25) is 9.78 Å². The van der Waals surface area contributed by atoms with Crippen molar-refractivity contribution in [1.29, 1.82) is 0 Å².